The highest BCUT2D eigenvalue weighted by atomic mass is 32.1. The van der Waals surface area contributed by atoms with Crippen LogP contribution < -0.4 is 10.6 Å². The maximum Gasteiger partial charge on any atom is 0.411 e. The Morgan fingerprint density at radius 3 is 2.60 bits per heavy atom. The van der Waals surface area contributed by atoms with Crippen molar-refractivity contribution in [2.24, 2.45) is 4.99 Å². The summed E-state index contributed by atoms with van der Waals surface area (Å²) in [5.41, 5.74) is 1.45. The zero-order chi connectivity index (χ0) is 22.0. The van der Waals surface area contributed by atoms with Crippen LogP contribution >= 0.6 is 11.3 Å². The van der Waals surface area contributed by atoms with Gasteiger partial charge in [0.25, 0.3) is 0 Å². The topological polar surface area (TPSA) is 66.0 Å². The van der Waals surface area contributed by atoms with Gasteiger partial charge in [0.05, 0.1) is 26.2 Å². The van der Waals surface area contributed by atoms with Crippen LogP contribution in [0.5, 0.6) is 0 Å². The summed E-state index contributed by atoms with van der Waals surface area (Å²) in [6.07, 6.45) is -4.35. The maximum atomic E-state index is 12.2. The Morgan fingerprint density at radius 2 is 1.93 bits per heavy atom. The fraction of sp³-hybridized carbons (Fsp3) is 0.400. The number of benzene rings is 1. The summed E-state index contributed by atoms with van der Waals surface area (Å²) in [6, 6.07) is 11.0. The van der Waals surface area contributed by atoms with Crippen LogP contribution in [0.4, 0.5) is 13.2 Å². The van der Waals surface area contributed by atoms with E-state index in [1.54, 1.807) is 43.6 Å². The molecule has 0 atom stereocenters. The van der Waals surface area contributed by atoms with Crippen molar-refractivity contribution in [1.82, 2.24) is 15.5 Å². The molecule has 2 N–H and O–H groups in total. The molecule has 10 heteroatoms. The fourth-order valence-corrected chi connectivity index (χ4v) is 2.99. The number of amides is 1. The van der Waals surface area contributed by atoms with E-state index in [0.717, 1.165) is 10.4 Å². The number of carbonyl (C=O) groups excluding carboxylic acids is 1. The number of carbonyl (C=O) groups is 1. The molecule has 0 aliphatic rings. The van der Waals surface area contributed by atoms with Crippen LogP contribution in [0.25, 0.3) is 0 Å². The molecule has 30 heavy (non-hydrogen) atoms. The molecular formula is C20H25F3N4O2S. The van der Waals surface area contributed by atoms with Crippen LogP contribution in [0.2, 0.25) is 0 Å². The molecule has 0 aliphatic heterocycles. The number of ether oxygens (including phenoxy) is 1. The van der Waals surface area contributed by atoms with Gasteiger partial charge in [0.15, 0.2) is 5.96 Å². The summed E-state index contributed by atoms with van der Waals surface area (Å²) >= 11 is 1.61. The smallest absolute Gasteiger partial charge is 0.367 e. The molecule has 1 aromatic carbocycles. The van der Waals surface area contributed by atoms with Crippen LogP contribution in [0, 0.1) is 0 Å². The zero-order valence-electron chi connectivity index (χ0n) is 16.8. The van der Waals surface area contributed by atoms with Crippen LogP contribution in [0.3, 0.4) is 0 Å². The van der Waals surface area contributed by atoms with E-state index in [1.165, 1.54) is 4.90 Å². The number of guanidine groups is 1. The second-order valence-electron chi connectivity index (χ2n) is 6.67. The van der Waals surface area contributed by atoms with Crippen molar-refractivity contribution in [1.29, 1.82) is 0 Å². The molecule has 0 saturated carbocycles. The van der Waals surface area contributed by atoms with Gasteiger partial charge in [0.1, 0.15) is 6.61 Å². The molecule has 0 fully saturated rings. The number of nitrogens with zero attached hydrogens (tertiary/aromatic N) is 2. The first kappa shape index (κ1) is 23.7. The number of halogens is 3. The highest BCUT2D eigenvalue weighted by Gasteiger charge is 2.27. The summed E-state index contributed by atoms with van der Waals surface area (Å²) in [7, 11) is 3.35. The van der Waals surface area contributed by atoms with Crippen LogP contribution in [0.15, 0.2) is 46.8 Å². The molecule has 0 radical (unpaired) electrons. The lowest BCUT2D eigenvalue weighted by molar-refractivity contribution is -0.176. The number of alkyl halides is 3. The Kier molecular flexibility index (Phi) is 9.13. The minimum atomic E-state index is -4.35. The molecule has 1 heterocycles. The second-order valence-corrected chi connectivity index (χ2v) is 7.70. The standard InChI is InChI=1S/C20H25F3N4O2S/c1-27(2)18(28)12-26-19(25-11-17-7-4-8-30-17)24-10-15-5-3-6-16(9-15)13-29-14-20(21,22)23/h3-9H,10-14H2,1-2H3,(H2,24,25,26). The van der Waals surface area contributed by atoms with E-state index in [0.29, 0.717) is 24.6 Å². The SMILES string of the molecule is CN(C)C(=O)CNC(=NCc1cccc(COCC(F)(F)F)c1)NCc1cccs1. The summed E-state index contributed by atoms with van der Waals surface area (Å²) in [6.45, 7) is -0.464. The van der Waals surface area contributed by atoms with Gasteiger partial charge in [-0.2, -0.15) is 13.2 Å². The van der Waals surface area contributed by atoms with E-state index in [-0.39, 0.29) is 19.1 Å². The minimum absolute atomic E-state index is 0.0919. The number of rotatable bonds is 9. The molecule has 0 saturated heterocycles. The van der Waals surface area contributed by atoms with Crippen molar-refractivity contribution in [3.05, 3.63) is 57.8 Å². The Bertz CT molecular complexity index is 824. The van der Waals surface area contributed by atoms with Crippen LogP contribution in [-0.2, 0) is 29.2 Å². The summed E-state index contributed by atoms with van der Waals surface area (Å²) < 4.78 is 41.4. The Balaban J connectivity index is 1.98. The number of hydrogen-bond donors (Lipinski definition) is 2. The first-order chi connectivity index (χ1) is 14.2. The lowest BCUT2D eigenvalue weighted by Gasteiger charge is -2.15. The number of hydrogen-bond acceptors (Lipinski definition) is 4. The zero-order valence-corrected chi connectivity index (χ0v) is 17.6. The maximum absolute atomic E-state index is 12.2. The van der Waals surface area contributed by atoms with Crippen molar-refractivity contribution in [2.75, 3.05) is 27.2 Å². The van der Waals surface area contributed by atoms with Crippen LogP contribution in [-0.4, -0.2) is 50.2 Å². The molecule has 2 aromatic rings. The van der Waals surface area contributed by atoms with E-state index in [9.17, 15) is 18.0 Å². The number of aliphatic imine (C=N–C) groups is 1. The summed E-state index contributed by atoms with van der Waals surface area (Å²) in [5.74, 6) is 0.377. The van der Waals surface area contributed by atoms with Gasteiger partial charge in [-0.3, -0.25) is 4.79 Å². The quantitative estimate of drug-likeness (QED) is 0.463. The third kappa shape index (κ3) is 9.27. The highest BCUT2D eigenvalue weighted by Crippen LogP contribution is 2.16. The molecule has 2 rings (SSSR count). The summed E-state index contributed by atoms with van der Waals surface area (Å²) in [5, 5.41) is 8.16. The predicted octanol–water partition coefficient (Wildman–Crippen LogP) is 3.15. The monoisotopic (exact) mass is 442 g/mol. The third-order valence-corrected chi connectivity index (χ3v) is 4.74. The average molecular weight is 443 g/mol. The van der Waals surface area contributed by atoms with Gasteiger partial charge in [0, 0.05) is 19.0 Å². The molecule has 1 aromatic heterocycles. The number of likely N-dealkylation sites (N-methyl/N-ethyl adjacent to an activating group) is 1. The van der Waals surface area contributed by atoms with Gasteiger partial charge < -0.3 is 20.3 Å². The van der Waals surface area contributed by atoms with Crippen molar-refractivity contribution in [3.63, 3.8) is 0 Å². The van der Waals surface area contributed by atoms with Gasteiger partial charge >= 0.3 is 6.18 Å². The lowest BCUT2D eigenvalue weighted by Crippen LogP contribution is -2.42. The third-order valence-electron chi connectivity index (χ3n) is 3.86. The van der Waals surface area contributed by atoms with E-state index in [2.05, 4.69) is 15.6 Å². The van der Waals surface area contributed by atoms with E-state index < -0.39 is 12.8 Å². The van der Waals surface area contributed by atoms with Gasteiger partial charge in [-0.05, 0) is 22.6 Å². The first-order valence-corrected chi connectivity index (χ1v) is 10.1. The van der Waals surface area contributed by atoms with E-state index in [4.69, 9.17) is 4.74 Å². The van der Waals surface area contributed by atoms with E-state index >= 15 is 0 Å². The van der Waals surface area contributed by atoms with Gasteiger partial charge in [-0.1, -0.05) is 30.3 Å². The summed E-state index contributed by atoms with van der Waals surface area (Å²) in [4.78, 5) is 18.9. The van der Waals surface area contributed by atoms with Gasteiger partial charge in [0.2, 0.25) is 5.91 Å². The predicted molar refractivity (Wildman–Crippen MR) is 111 cm³/mol. The second kappa shape index (κ2) is 11.6. The van der Waals surface area contributed by atoms with Crippen LogP contribution in [0.1, 0.15) is 16.0 Å². The molecule has 164 valence electrons. The Hall–Kier alpha value is -2.59. The Morgan fingerprint density at radius 1 is 1.17 bits per heavy atom. The molecule has 0 bridgehead atoms. The first-order valence-electron chi connectivity index (χ1n) is 9.20. The Labute approximate surface area is 177 Å². The molecule has 1 amide bonds. The van der Waals surface area contributed by atoms with E-state index in [1.807, 2.05) is 23.6 Å². The number of nitrogens with one attached hydrogen (secondary N) is 2. The number of thiophene rings is 1. The van der Waals surface area contributed by atoms with Gasteiger partial charge in [-0.25, -0.2) is 4.99 Å². The molecule has 0 spiro atoms. The largest absolute Gasteiger partial charge is 0.411 e. The molecule has 0 unspecified atom stereocenters. The average Bonchev–Trinajstić information content (AvgIpc) is 3.20. The lowest BCUT2D eigenvalue weighted by atomic mass is 10.1. The van der Waals surface area contributed by atoms with Crippen molar-refractivity contribution < 1.29 is 22.7 Å². The van der Waals surface area contributed by atoms with Crippen molar-refractivity contribution in [3.8, 4) is 0 Å². The van der Waals surface area contributed by atoms with Gasteiger partial charge in [-0.15, -0.1) is 11.3 Å². The van der Waals surface area contributed by atoms with Crippen molar-refractivity contribution >= 4 is 23.2 Å². The highest BCUT2D eigenvalue weighted by molar-refractivity contribution is 7.09. The normalized spacial score (nSPS) is 12.0. The molecule has 6 nitrogen and oxygen atoms in total. The fourth-order valence-electron chi connectivity index (χ4n) is 2.35. The minimum Gasteiger partial charge on any atom is -0.367 e. The molecule has 0 aliphatic carbocycles. The molecular weight excluding hydrogens is 417 g/mol. The van der Waals surface area contributed by atoms with Crippen molar-refractivity contribution in [2.45, 2.75) is 25.9 Å².